The third-order valence-electron chi connectivity index (χ3n) is 2.75. The van der Waals surface area contributed by atoms with Gasteiger partial charge in [0.05, 0.1) is 0 Å². The molecule has 18 heavy (non-hydrogen) atoms. The summed E-state index contributed by atoms with van der Waals surface area (Å²) in [7, 11) is 0. The Balaban J connectivity index is 2.19. The number of nitrogens with one attached hydrogen (secondary N) is 1. The zero-order chi connectivity index (χ0) is 13.1. The summed E-state index contributed by atoms with van der Waals surface area (Å²) >= 11 is 9.49. The second-order valence-electron chi connectivity index (χ2n) is 4.05. The zero-order valence-corrected chi connectivity index (χ0v) is 12.2. The molecule has 0 radical (unpaired) electrons. The van der Waals surface area contributed by atoms with Crippen molar-refractivity contribution in [2.45, 2.75) is 13.5 Å². The second-order valence-corrected chi connectivity index (χ2v) is 5.37. The van der Waals surface area contributed by atoms with Crippen LogP contribution in [0.5, 0.6) is 5.75 Å². The maximum atomic E-state index is 9.76. The molecule has 2 aromatic carbocycles. The molecule has 0 saturated carbocycles. The lowest BCUT2D eigenvalue weighted by atomic mass is 10.1. The Bertz CT molecular complexity index is 551. The first-order valence-electron chi connectivity index (χ1n) is 5.54. The maximum Gasteiger partial charge on any atom is 0.122 e. The van der Waals surface area contributed by atoms with E-state index in [0.29, 0.717) is 17.1 Å². The van der Waals surface area contributed by atoms with E-state index in [1.54, 1.807) is 18.2 Å². The number of phenolic OH excluding ortho intramolecular Hbond substituents is 1. The maximum absolute atomic E-state index is 9.76. The van der Waals surface area contributed by atoms with Gasteiger partial charge in [0.2, 0.25) is 0 Å². The van der Waals surface area contributed by atoms with Gasteiger partial charge < -0.3 is 10.4 Å². The average Bonchev–Trinajstić information content (AvgIpc) is 2.33. The summed E-state index contributed by atoms with van der Waals surface area (Å²) in [6.45, 7) is 2.52. The highest BCUT2D eigenvalue weighted by atomic mass is 79.9. The predicted octanol–water partition coefficient (Wildman–Crippen LogP) is 4.73. The van der Waals surface area contributed by atoms with Gasteiger partial charge >= 0.3 is 0 Å². The third kappa shape index (κ3) is 2.98. The average molecular weight is 327 g/mol. The van der Waals surface area contributed by atoms with Crippen LogP contribution in [-0.4, -0.2) is 5.11 Å². The number of benzene rings is 2. The Labute approximate surface area is 120 Å². The highest BCUT2D eigenvalue weighted by molar-refractivity contribution is 9.10. The van der Waals surface area contributed by atoms with E-state index < -0.39 is 0 Å². The molecule has 0 aromatic heterocycles. The molecule has 0 fully saturated rings. The first kappa shape index (κ1) is 13.2. The smallest absolute Gasteiger partial charge is 0.122 e. The largest absolute Gasteiger partial charge is 0.508 e. The molecule has 0 bridgehead atoms. The van der Waals surface area contributed by atoms with Crippen LogP contribution in [0.4, 0.5) is 5.69 Å². The van der Waals surface area contributed by atoms with Gasteiger partial charge in [-0.05, 0) is 36.8 Å². The minimum absolute atomic E-state index is 0.211. The summed E-state index contributed by atoms with van der Waals surface area (Å²) in [6.07, 6.45) is 0. The van der Waals surface area contributed by atoms with Crippen LogP contribution in [0.25, 0.3) is 0 Å². The second kappa shape index (κ2) is 5.63. The SMILES string of the molecule is Cc1ccc(Br)cc1NCc1c(O)cccc1Cl. The van der Waals surface area contributed by atoms with Crippen molar-refractivity contribution in [1.29, 1.82) is 0 Å². The fourth-order valence-electron chi connectivity index (χ4n) is 1.69. The number of anilines is 1. The Hall–Kier alpha value is -1.19. The van der Waals surface area contributed by atoms with Crippen LogP contribution in [0, 0.1) is 6.92 Å². The summed E-state index contributed by atoms with van der Waals surface area (Å²) in [5.74, 6) is 0.211. The molecular weight excluding hydrogens is 314 g/mol. The molecule has 0 unspecified atom stereocenters. The molecule has 0 aliphatic carbocycles. The van der Waals surface area contributed by atoms with Crippen LogP contribution in [-0.2, 0) is 6.54 Å². The van der Waals surface area contributed by atoms with E-state index >= 15 is 0 Å². The number of aryl methyl sites for hydroxylation is 1. The molecule has 2 rings (SSSR count). The normalized spacial score (nSPS) is 10.4. The van der Waals surface area contributed by atoms with E-state index in [-0.39, 0.29) is 5.75 Å². The Morgan fingerprint density at radius 2 is 2.06 bits per heavy atom. The number of hydrogen-bond donors (Lipinski definition) is 2. The summed E-state index contributed by atoms with van der Waals surface area (Å²) in [6, 6.07) is 11.2. The van der Waals surface area contributed by atoms with Crippen molar-refractivity contribution >= 4 is 33.2 Å². The molecule has 0 saturated heterocycles. The van der Waals surface area contributed by atoms with Gasteiger partial charge in [0.1, 0.15) is 5.75 Å². The summed E-state index contributed by atoms with van der Waals surface area (Å²) in [5, 5.41) is 13.6. The standard InChI is InChI=1S/C14H13BrClNO/c1-9-5-6-10(15)7-13(9)17-8-11-12(16)3-2-4-14(11)18/h2-7,17-18H,8H2,1H3. The molecule has 0 atom stereocenters. The van der Waals surface area contributed by atoms with E-state index in [2.05, 4.69) is 21.2 Å². The topological polar surface area (TPSA) is 32.3 Å². The van der Waals surface area contributed by atoms with Gasteiger partial charge in [-0.1, -0.05) is 39.7 Å². The molecule has 2 aromatic rings. The Morgan fingerprint density at radius 3 is 2.78 bits per heavy atom. The molecule has 2 N–H and O–H groups in total. The van der Waals surface area contributed by atoms with Gasteiger partial charge in [0, 0.05) is 27.3 Å². The van der Waals surface area contributed by atoms with Crippen molar-refractivity contribution in [2.24, 2.45) is 0 Å². The molecule has 0 amide bonds. The van der Waals surface area contributed by atoms with Crippen molar-refractivity contribution in [3.8, 4) is 5.75 Å². The van der Waals surface area contributed by atoms with Gasteiger partial charge in [-0.15, -0.1) is 0 Å². The third-order valence-corrected chi connectivity index (χ3v) is 3.60. The van der Waals surface area contributed by atoms with Crippen LogP contribution >= 0.6 is 27.5 Å². The first-order valence-corrected chi connectivity index (χ1v) is 6.71. The van der Waals surface area contributed by atoms with Gasteiger partial charge in [-0.25, -0.2) is 0 Å². The van der Waals surface area contributed by atoms with E-state index in [1.165, 1.54) is 0 Å². The van der Waals surface area contributed by atoms with E-state index in [1.807, 2.05) is 25.1 Å². The van der Waals surface area contributed by atoms with Crippen LogP contribution in [0.15, 0.2) is 40.9 Å². The molecule has 94 valence electrons. The molecule has 0 spiro atoms. The number of aromatic hydroxyl groups is 1. The van der Waals surface area contributed by atoms with Crippen molar-refractivity contribution in [3.05, 3.63) is 57.0 Å². The lowest BCUT2D eigenvalue weighted by Crippen LogP contribution is -2.02. The monoisotopic (exact) mass is 325 g/mol. The molecule has 0 aliphatic heterocycles. The van der Waals surface area contributed by atoms with Crippen molar-refractivity contribution in [2.75, 3.05) is 5.32 Å². The number of halogens is 2. The van der Waals surface area contributed by atoms with Gasteiger partial charge in [0.25, 0.3) is 0 Å². The number of rotatable bonds is 3. The van der Waals surface area contributed by atoms with Crippen LogP contribution < -0.4 is 5.32 Å². The van der Waals surface area contributed by atoms with Crippen molar-refractivity contribution < 1.29 is 5.11 Å². The van der Waals surface area contributed by atoms with Gasteiger partial charge in [0.15, 0.2) is 0 Å². The lowest BCUT2D eigenvalue weighted by molar-refractivity contribution is 0.469. The summed E-state index contributed by atoms with van der Waals surface area (Å²) in [4.78, 5) is 0. The number of hydrogen-bond acceptors (Lipinski definition) is 2. The quantitative estimate of drug-likeness (QED) is 0.854. The van der Waals surface area contributed by atoms with Crippen LogP contribution in [0.3, 0.4) is 0 Å². The first-order chi connectivity index (χ1) is 8.58. The van der Waals surface area contributed by atoms with Gasteiger partial charge in [-0.3, -0.25) is 0 Å². The summed E-state index contributed by atoms with van der Waals surface area (Å²) in [5.41, 5.74) is 2.87. The summed E-state index contributed by atoms with van der Waals surface area (Å²) < 4.78 is 1.01. The fourth-order valence-corrected chi connectivity index (χ4v) is 2.29. The molecule has 2 nitrogen and oxygen atoms in total. The van der Waals surface area contributed by atoms with Crippen molar-refractivity contribution in [1.82, 2.24) is 0 Å². The Kier molecular flexibility index (Phi) is 4.15. The number of phenols is 1. The van der Waals surface area contributed by atoms with E-state index in [4.69, 9.17) is 11.6 Å². The molecule has 0 heterocycles. The highest BCUT2D eigenvalue weighted by Crippen LogP contribution is 2.27. The minimum Gasteiger partial charge on any atom is -0.508 e. The van der Waals surface area contributed by atoms with Crippen LogP contribution in [0.1, 0.15) is 11.1 Å². The lowest BCUT2D eigenvalue weighted by Gasteiger charge is -2.12. The van der Waals surface area contributed by atoms with E-state index in [0.717, 1.165) is 15.7 Å². The fraction of sp³-hybridized carbons (Fsp3) is 0.143. The molecule has 0 aliphatic rings. The van der Waals surface area contributed by atoms with Crippen molar-refractivity contribution in [3.63, 3.8) is 0 Å². The molecule has 4 heteroatoms. The highest BCUT2D eigenvalue weighted by Gasteiger charge is 2.06. The Morgan fingerprint density at radius 1 is 1.28 bits per heavy atom. The van der Waals surface area contributed by atoms with Gasteiger partial charge in [-0.2, -0.15) is 0 Å². The zero-order valence-electron chi connectivity index (χ0n) is 9.87. The van der Waals surface area contributed by atoms with Crippen LogP contribution in [0.2, 0.25) is 5.02 Å². The molecular formula is C14H13BrClNO. The van der Waals surface area contributed by atoms with E-state index in [9.17, 15) is 5.11 Å². The minimum atomic E-state index is 0.211. The predicted molar refractivity (Wildman–Crippen MR) is 79.3 cm³/mol.